The molecule has 0 amide bonds. The summed E-state index contributed by atoms with van der Waals surface area (Å²) in [5.41, 5.74) is 1.31. The van der Waals surface area contributed by atoms with Gasteiger partial charge in [-0.05, 0) is 26.2 Å². The largest absolute Gasteiger partial charge is 0.393 e. The van der Waals surface area contributed by atoms with Crippen LogP contribution in [0.3, 0.4) is 0 Å². The molecule has 0 spiro atoms. The lowest BCUT2D eigenvalue weighted by molar-refractivity contribution is 0.194. The summed E-state index contributed by atoms with van der Waals surface area (Å²) in [5.74, 6) is 0. The number of aliphatic hydroxyl groups is 1. The fourth-order valence-electron chi connectivity index (χ4n) is 1.05. The van der Waals surface area contributed by atoms with Crippen molar-refractivity contribution < 1.29 is 5.11 Å². The Hall–Kier alpha value is -0.560. The van der Waals surface area contributed by atoms with Crippen LogP contribution in [-0.2, 0) is 0 Å². The molecule has 1 nitrogen and oxygen atoms in total. The molecule has 1 unspecified atom stereocenters. The molecule has 0 heterocycles. The molecule has 0 saturated carbocycles. The van der Waals surface area contributed by atoms with Crippen molar-refractivity contribution in [3.05, 3.63) is 23.8 Å². The highest BCUT2D eigenvalue weighted by Gasteiger charge is 1.98. The maximum absolute atomic E-state index is 9.15. The quantitative estimate of drug-likeness (QED) is 0.625. The van der Waals surface area contributed by atoms with Gasteiger partial charge in [-0.1, -0.05) is 37.6 Å². The van der Waals surface area contributed by atoms with E-state index in [0.717, 1.165) is 19.3 Å². The van der Waals surface area contributed by atoms with Gasteiger partial charge >= 0.3 is 0 Å². The van der Waals surface area contributed by atoms with Gasteiger partial charge in [0.15, 0.2) is 0 Å². The van der Waals surface area contributed by atoms with Crippen LogP contribution in [0.15, 0.2) is 23.8 Å². The molecule has 0 fully saturated rings. The second kappa shape index (κ2) is 7.11. The minimum atomic E-state index is -0.216. The molecule has 12 heavy (non-hydrogen) atoms. The van der Waals surface area contributed by atoms with Crippen LogP contribution in [0.25, 0.3) is 0 Å². The van der Waals surface area contributed by atoms with Gasteiger partial charge in [0, 0.05) is 0 Å². The SMILES string of the molecule is CC/C=C\C=C(/CC)CC(C)O. The molecule has 70 valence electrons. The predicted molar refractivity (Wildman–Crippen MR) is 54.1 cm³/mol. The molecule has 0 aromatic heterocycles. The van der Waals surface area contributed by atoms with Crippen molar-refractivity contribution in [2.75, 3.05) is 0 Å². The highest BCUT2D eigenvalue weighted by Crippen LogP contribution is 2.09. The Labute approximate surface area is 75.8 Å². The summed E-state index contributed by atoms with van der Waals surface area (Å²) in [6.07, 6.45) is 8.98. The lowest BCUT2D eigenvalue weighted by Gasteiger charge is -2.05. The number of hydrogen-bond donors (Lipinski definition) is 1. The monoisotopic (exact) mass is 168 g/mol. The van der Waals surface area contributed by atoms with Crippen molar-refractivity contribution in [1.82, 2.24) is 0 Å². The topological polar surface area (TPSA) is 20.2 Å². The van der Waals surface area contributed by atoms with Crippen LogP contribution in [0, 0.1) is 0 Å². The number of aliphatic hydroxyl groups excluding tert-OH is 1. The smallest absolute Gasteiger partial charge is 0.0549 e. The lowest BCUT2D eigenvalue weighted by atomic mass is 10.1. The van der Waals surface area contributed by atoms with Crippen molar-refractivity contribution in [2.45, 2.75) is 46.1 Å². The van der Waals surface area contributed by atoms with E-state index >= 15 is 0 Å². The highest BCUT2D eigenvalue weighted by molar-refractivity contribution is 5.12. The van der Waals surface area contributed by atoms with Gasteiger partial charge in [0.05, 0.1) is 6.10 Å². The summed E-state index contributed by atoms with van der Waals surface area (Å²) in [6.45, 7) is 6.06. The fourth-order valence-corrected chi connectivity index (χ4v) is 1.05. The third-order valence-corrected chi connectivity index (χ3v) is 1.72. The van der Waals surface area contributed by atoms with Crippen LogP contribution >= 0.6 is 0 Å². The second-order valence-electron chi connectivity index (χ2n) is 3.07. The number of hydrogen-bond acceptors (Lipinski definition) is 1. The van der Waals surface area contributed by atoms with Crippen LogP contribution in [-0.4, -0.2) is 11.2 Å². The zero-order valence-corrected chi connectivity index (χ0v) is 8.38. The summed E-state index contributed by atoms with van der Waals surface area (Å²) in [6, 6.07) is 0. The first kappa shape index (κ1) is 11.4. The van der Waals surface area contributed by atoms with E-state index in [-0.39, 0.29) is 6.10 Å². The summed E-state index contributed by atoms with van der Waals surface area (Å²) in [4.78, 5) is 0. The average Bonchev–Trinajstić information content (AvgIpc) is 2.02. The zero-order chi connectivity index (χ0) is 9.40. The third kappa shape index (κ3) is 6.17. The van der Waals surface area contributed by atoms with Gasteiger partial charge in [0.1, 0.15) is 0 Å². The Morgan fingerprint density at radius 1 is 1.42 bits per heavy atom. The molecule has 0 rings (SSSR count). The lowest BCUT2D eigenvalue weighted by Crippen LogP contribution is -2.00. The van der Waals surface area contributed by atoms with E-state index in [1.54, 1.807) is 0 Å². The van der Waals surface area contributed by atoms with Crippen LogP contribution < -0.4 is 0 Å². The van der Waals surface area contributed by atoms with Crippen molar-refractivity contribution in [3.8, 4) is 0 Å². The Balaban J connectivity index is 3.95. The summed E-state index contributed by atoms with van der Waals surface area (Å²) >= 11 is 0. The molecule has 0 saturated heterocycles. The van der Waals surface area contributed by atoms with Crippen molar-refractivity contribution in [3.63, 3.8) is 0 Å². The Morgan fingerprint density at radius 3 is 2.50 bits per heavy atom. The maximum Gasteiger partial charge on any atom is 0.0549 e. The summed E-state index contributed by atoms with van der Waals surface area (Å²) in [7, 11) is 0. The van der Waals surface area contributed by atoms with Crippen LogP contribution in [0.5, 0.6) is 0 Å². The van der Waals surface area contributed by atoms with Gasteiger partial charge in [-0.25, -0.2) is 0 Å². The van der Waals surface area contributed by atoms with Gasteiger partial charge in [-0.2, -0.15) is 0 Å². The molecule has 0 radical (unpaired) electrons. The molecule has 0 bridgehead atoms. The van der Waals surface area contributed by atoms with Gasteiger partial charge < -0.3 is 5.11 Å². The molecule has 1 atom stereocenters. The molecular formula is C11H20O. The van der Waals surface area contributed by atoms with Crippen LogP contribution in [0.2, 0.25) is 0 Å². The van der Waals surface area contributed by atoms with Crippen molar-refractivity contribution in [1.29, 1.82) is 0 Å². The molecule has 0 aromatic carbocycles. The maximum atomic E-state index is 9.15. The molecule has 0 aliphatic heterocycles. The van der Waals surface area contributed by atoms with E-state index < -0.39 is 0 Å². The second-order valence-corrected chi connectivity index (χ2v) is 3.07. The average molecular weight is 168 g/mol. The van der Waals surface area contributed by atoms with E-state index in [9.17, 15) is 0 Å². The standard InChI is InChI=1S/C11H20O/c1-4-6-7-8-11(5-2)9-10(3)12/h6-8,10,12H,4-5,9H2,1-3H3/b7-6-,11-8+. The third-order valence-electron chi connectivity index (χ3n) is 1.72. The minimum absolute atomic E-state index is 0.216. The highest BCUT2D eigenvalue weighted by atomic mass is 16.3. The molecular weight excluding hydrogens is 148 g/mol. The number of rotatable bonds is 5. The van der Waals surface area contributed by atoms with Gasteiger partial charge in [-0.3, -0.25) is 0 Å². The Bertz CT molecular complexity index is 154. The first-order valence-electron chi connectivity index (χ1n) is 4.73. The zero-order valence-electron chi connectivity index (χ0n) is 8.38. The first-order valence-corrected chi connectivity index (χ1v) is 4.73. The summed E-state index contributed by atoms with van der Waals surface area (Å²) < 4.78 is 0. The molecule has 0 aliphatic carbocycles. The predicted octanol–water partition coefficient (Wildman–Crippen LogP) is 3.06. The molecule has 1 heteroatoms. The van der Waals surface area contributed by atoms with E-state index in [1.807, 2.05) is 6.92 Å². The minimum Gasteiger partial charge on any atom is -0.393 e. The summed E-state index contributed by atoms with van der Waals surface area (Å²) in [5, 5.41) is 9.15. The Kier molecular flexibility index (Phi) is 6.78. The normalized spacial score (nSPS) is 15.5. The van der Waals surface area contributed by atoms with Crippen molar-refractivity contribution >= 4 is 0 Å². The molecule has 1 N–H and O–H groups in total. The molecule has 0 aliphatic rings. The van der Waals surface area contributed by atoms with Gasteiger partial charge in [0.2, 0.25) is 0 Å². The van der Waals surface area contributed by atoms with E-state index in [2.05, 4.69) is 32.1 Å². The van der Waals surface area contributed by atoms with Gasteiger partial charge in [0.25, 0.3) is 0 Å². The first-order chi connectivity index (χ1) is 5.70. The number of allylic oxidation sites excluding steroid dienone is 3. The fraction of sp³-hybridized carbons (Fsp3) is 0.636. The van der Waals surface area contributed by atoms with E-state index in [4.69, 9.17) is 5.11 Å². The van der Waals surface area contributed by atoms with Crippen LogP contribution in [0.4, 0.5) is 0 Å². The molecule has 0 aromatic rings. The Morgan fingerprint density at radius 2 is 2.08 bits per heavy atom. The van der Waals surface area contributed by atoms with E-state index in [1.165, 1.54) is 5.57 Å². The van der Waals surface area contributed by atoms with Gasteiger partial charge in [-0.15, -0.1) is 0 Å². The van der Waals surface area contributed by atoms with Crippen LogP contribution in [0.1, 0.15) is 40.0 Å². The van der Waals surface area contributed by atoms with Crippen molar-refractivity contribution in [2.24, 2.45) is 0 Å². The van der Waals surface area contributed by atoms with E-state index in [0.29, 0.717) is 0 Å².